The van der Waals surface area contributed by atoms with Crippen LogP contribution < -0.4 is 5.32 Å². The Kier molecular flexibility index (Phi) is 5.34. The molecule has 11 heteroatoms. The van der Waals surface area contributed by atoms with E-state index in [0.717, 1.165) is 23.1 Å². The predicted molar refractivity (Wildman–Crippen MR) is 80.5 cm³/mol. The molecule has 2 aromatic rings. The molecule has 1 amide bonds. The Morgan fingerprint density at radius 1 is 1.33 bits per heavy atom. The fraction of sp³-hybridized carbons (Fsp3) is 0.100. The van der Waals surface area contributed by atoms with Crippen molar-refractivity contribution in [2.75, 3.05) is 11.1 Å². The second-order valence-electron chi connectivity index (χ2n) is 3.47. The number of rotatable bonds is 5. The summed E-state index contributed by atoms with van der Waals surface area (Å²) in [6, 6.07) is 2.92. The van der Waals surface area contributed by atoms with E-state index >= 15 is 0 Å². The number of aromatic nitrogens is 3. The number of nitrogens with one attached hydrogen (secondary N) is 1. The van der Waals surface area contributed by atoms with E-state index in [9.17, 15) is 9.59 Å². The van der Waals surface area contributed by atoms with Gasteiger partial charge in [0.1, 0.15) is 10.8 Å². The quantitative estimate of drug-likeness (QED) is 0.477. The van der Waals surface area contributed by atoms with Gasteiger partial charge < -0.3 is 5.11 Å². The minimum Gasteiger partial charge on any atom is -0.481 e. The Bertz CT molecular complexity index is 695. The summed E-state index contributed by atoms with van der Waals surface area (Å²) in [5.41, 5.74) is -0.0286. The number of hydrogen-bond donors (Lipinski definition) is 2. The zero-order valence-corrected chi connectivity index (χ0v) is 13.2. The molecular formula is C10H6Cl2N4O3S2. The summed E-state index contributed by atoms with van der Waals surface area (Å²) in [6.07, 6.45) is 0. The number of carbonyl (C=O) groups is 2. The highest BCUT2D eigenvalue weighted by molar-refractivity contribution is 8.01. The molecule has 0 radical (unpaired) electrons. The van der Waals surface area contributed by atoms with E-state index in [1.807, 2.05) is 0 Å². The number of carboxylic acids is 1. The van der Waals surface area contributed by atoms with E-state index in [0.29, 0.717) is 4.34 Å². The lowest BCUT2D eigenvalue weighted by molar-refractivity contribution is -0.133. The highest BCUT2D eigenvalue weighted by atomic mass is 35.5. The Hall–Kier alpha value is -1.42. The molecule has 7 nitrogen and oxygen atoms in total. The lowest BCUT2D eigenvalue weighted by Gasteiger charge is -2.02. The Morgan fingerprint density at radius 3 is 2.81 bits per heavy atom. The molecule has 0 saturated heterocycles. The molecule has 0 aliphatic carbocycles. The van der Waals surface area contributed by atoms with Crippen molar-refractivity contribution < 1.29 is 14.7 Å². The number of amides is 1. The van der Waals surface area contributed by atoms with Crippen LogP contribution in [0.15, 0.2) is 16.5 Å². The van der Waals surface area contributed by atoms with Crippen LogP contribution in [0.1, 0.15) is 10.5 Å². The van der Waals surface area contributed by atoms with Crippen LogP contribution in [-0.4, -0.2) is 37.9 Å². The van der Waals surface area contributed by atoms with Crippen LogP contribution >= 0.6 is 46.3 Å². The van der Waals surface area contributed by atoms with E-state index in [2.05, 4.69) is 20.5 Å². The lowest BCUT2D eigenvalue weighted by Crippen LogP contribution is -2.14. The maximum absolute atomic E-state index is 12.0. The molecule has 0 aromatic carbocycles. The molecule has 21 heavy (non-hydrogen) atoms. The predicted octanol–water partition coefficient (Wildman–Crippen LogP) is 2.67. The number of carboxylic acid groups (broad SMARTS) is 1. The number of carbonyl (C=O) groups excluding carboxylic acids is 1. The van der Waals surface area contributed by atoms with Gasteiger partial charge in [-0.25, -0.2) is 4.98 Å². The van der Waals surface area contributed by atoms with Gasteiger partial charge in [0.2, 0.25) is 5.13 Å². The van der Waals surface area contributed by atoms with E-state index in [4.69, 9.17) is 28.3 Å². The summed E-state index contributed by atoms with van der Waals surface area (Å²) in [6.45, 7) is 0. The molecular weight excluding hydrogens is 359 g/mol. The first-order chi connectivity index (χ1) is 9.95. The van der Waals surface area contributed by atoms with Crippen LogP contribution in [0.5, 0.6) is 0 Å². The molecule has 2 heterocycles. The molecule has 0 fully saturated rings. The number of hydrogen-bond acceptors (Lipinski definition) is 7. The Labute approximate surface area is 136 Å². The van der Waals surface area contributed by atoms with Crippen molar-refractivity contribution in [2.45, 2.75) is 4.34 Å². The average molecular weight is 365 g/mol. The van der Waals surface area contributed by atoms with Gasteiger partial charge in [-0.1, -0.05) is 46.3 Å². The molecule has 110 valence electrons. The molecule has 0 aliphatic rings. The van der Waals surface area contributed by atoms with Crippen molar-refractivity contribution in [2.24, 2.45) is 0 Å². The van der Waals surface area contributed by atoms with E-state index < -0.39 is 11.9 Å². The second kappa shape index (κ2) is 7.03. The standard InChI is InChI=1S/C10H6Cl2N4O3S2/c11-4-1-2-5(12)13-7(4)8(19)14-9-15-16-10(21-9)20-3-6(17)18/h1-2H,3H2,(H,17,18)(H,14,15,19). The maximum Gasteiger partial charge on any atom is 0.313 e. The topological polar surface area (TPSA) is 105 Å². The normalized spacial score (nSPS) is 10.4. The molecule has 0 saturated carbocycles. The zero-order valence-electron chi connectivity index (χ0n) is 10.0. The number of thioether (sulfide) groups is 1. The third kappa shape index (κ3) is 4.53. The van der Waals surface area contributed by atoms with Crippen molar-refractivity contribution in [1.29, 1.82) is 0 Å². The van der Waals surface area contributed by atoms with Crippen molar-refractivity contribution in [3.8, 4) is 0 Å². The third-order valence-electron chi connectivity index (χ3n) is 1.97. The number of anilines is 1. The summed E-state index contributed by atoms with van der Waals surface area (Å²) in [5.74, 6) is -1.67. The maximum atomic E-state index is 12.0. The number of nitrogens with zero attached hydrogens (tertiary/aromatic N) is 3. The van der Waals surface area contributed by atoms with Gasteiger partial charge in [0, 0.05) is 0 Å². The van der Waals surface area contributed by atoms with Gasteiger partial charge in [-0.05, 0) is 12.1 Å². The van der Waals surface area contributed by atoms with Crippen LogP contribution in [0, 0.1) is 0 Å². The SMILES string of the molecule is O=C(O)CSc1nnc(NC(=O)c2nc(Cl)ccc2Cl)s1. The third-order valence-corrected chi connectivity index (χ3v) is 4.45. The molecule has 2 aromatic heterocycles. The first kappa shape index (κ1) is 16.0. The summed E-state index contributed by atoms with van der Waals surface area (Å²) in [5, 5.41) is 19.0. The van der Waals surface area contributed by atoms with Gasteiger partial charge in [-0.15, -0.1) is 10.2 Å². The van der Waals surface area contributed by atoms with Crippen LogP contribution in [0.3, 0.4) is 0 Å². The van der Waals surface area contributed by atoms with Gasteiger partial charge in [0.05, 0.1) is 10.8 Å². The number of aliphatic carboxylic acids is 1. The van der Waals surface area contributed by atoms with Crippen LogP contribution in [0.2, 0.25) is 10.2 Å². The minimum absolute atomic E-state index is 0.0286. The molecule has 0 bridgehead atoms. The number of halogens is 2. The summed E-state index contributed by atoms with van der Waals surface area (Å²) in [7, 11) is 0. The zero-order chi connectivity index (χ0) is 15.4. The van der Waals surface area contributed by atoms with Crippen molar-refractivity contribution >= 4 is 63.3 Å². The van der Waals surface area contributed by atoms with Crippen LogP contribution in [-0.2, 0) is 4.79 Å². The second-order valence-corrected chi connectivity index (χ2v) is 6.47. The highest BCUT2D eigenvalue weighted by Gasteiger charge is 2.16. The van der Waals surface area contributed by atoms with Crippen molar-refractivity contribution in [1.82, 2.24) is 15.2 Å². The Morgan fingerprint density at radius 2 is 2.10 bits per heavy atom. The molecule has 0 spiro atoms. The van der Waals surface area contributed by atoms with E-state index in [1.165, 1.54) is 12.1 Å². The first-order valence-corrected chi connectivity index (χ1v) is 7.83. The Balaban J connectivity index is 2.06. The largest absolute Gasteiger partial charge is 0.481 e. The minimum atomic E-state index is -0.962. The summed E-state index contributed by atoms with van der Waals surface area (Å²) >= 11 is 13.6. The average Bonchev–Trinajstić information content (AvgIpc) is 2.86. The van der Waals surface area contributed by atoms with Gasteiger partial charge in [0.25, 0.3) is 5.91 Å². The van der Waals surface area contributed by atoms with Crippen molar-refractivity contribution in [3.05, 3.63) is 28.0 Å². The van der Waals surface area contributed by atoms with E-state index in [-0.39, 0.29) is 26.8 Å². The molecule has 0 atom stereocenters. The van der Waals surface area contributed by atoms with Gasteiger partial charge in [0.15, 0.2) is 4.34 Å². The molecule has 2 N–H and O–H groups in total. The molecule has 0 aliphatic heterocycles. The smallest absolute Gasteiger partial charge is 0.313 e. The van der Waals surface area contributed by atoms with Crippen LogP contribution in [0.4, 0.5) is 5.13 Å². The summed E-state index contributed by atoms with van der Waals surface area (Å²) in [4.78, 5) is 26.3. The molecule has 0 unspecified atom stereocenters. The van der Waals surface area contributed by atoms with Crippen molar-refractivity contribution in [3.63, 3.8) is 0 Å². The highest BCUT2D eigenvalue weighted by Crippen LogP contribution is 2.26. The fourth-order valence-corrected chi connectivity index (χ4v) is 2.98. The fourth-order valence-electron chi connectivity index (χ4n) is 1.18. The van der Waals surface area contributed by atoms with Gasteiger partial charge in [-0.2, -0.15) is 0 Å². The van der Waals surface area contributed by atoms with Crippen LogP contribution in [0.25, 0.3) is 0 Å². The number of pyridine rings is 1. The van der Waals surface area contributed by atoms with E-state index in [1.54, 1.807) is 0 Å². The monoisotopic (exact) mass is 364 g/mol. The molecule has 2 rings (SSSR count). The van der Waals surface area contributed by atoms with Gasteiger partial charge in [-0.3, -0.25) is 14.9 Å². The summed E-state index contributed by atoms with van der Waals surface area (Å²) < 4.78 is 0.429. The lowest BCUT2D eigenvalue weighted by atomic mass is 10.3. The first-order valence-electron chi connectivity index (χ1n) is 5.27. The van der Waals surface area contributed by atoms with Gasteiger partial charge >= 0.3 is 5.97 Å².